The normalized spacial score (nSPS) is 12.9. The molecule has 2 aliphatic rings. The van der Waals surface area contributed by atoms with Gasteiger partial charge in [0.25, 0.3) is 0 Å². The third kappa shape index (κ3) is 5.80. The summed E-state index contributed by atoms with van der Waals surface area (Å²) in [5.41, 5.74) is 25.4. The lowest BCUT2D eigenvalue weighted by molar-refractivity contribution is 0.555. The maximum Gasteiger partial charge on any atom is 0.0101 e. The van der Waals surface area contributed by atoms with Crippen molar-refractivity contribution in [2.75, 3.05) is 0 Å². The molecule has 0 fully saturated rings. The van der Waals surface area contributed by atoms with Gasteiger partial charge in [0, 0.05) is 5.92 Å². The van der Waals surface area contributed by atoms with Crippen molar-refractivity contribution in [1.82, 2.24) is 0 Å². The van der Waals surface area contributed by atoms with E-state index in [4.69, 9.17) is 0 Å². The summed E-state index contributed by atoms with van der Waals surface area (Å²) in [6, 6.07) is 18.6. The van der Waals surface area contributed by atoms with Crippen LogP contribution in [0.15, 0.2) is 48.5 Å². The fourth-order valence-corrected chi connectivity index (χ4v) is 9.36. The largest absolute Gasteiger partial charge is 0.0654 e. The van der Waals surface area contributed by atoms with Crippen molar-refractivity contribution in [2.45, 2.75) is 144 Å². The van der Waals surface area contributed by atoms with Gasteiger partial charge in [-0.1, -0.05) is 127 Å². The summed E-state index contributed by atoms with van der Waals surface area (Å²) in [5, 5.41) is 0. The Labute approximate surface area is 281 Å². The first kappa shape index (κ1) is 32.8. The third-order valence-electron chi connectivity index (χ3n) is 11.8. The number of fused-ring (bicyclic) bond motifs is 6. The Morgan fingerprint density at radius 3 is 1.39 bits per heavy atom. The molecule has 0 heterocycles. The highest BCUT2D eigenvalue weighted by Gasteiger charge is 2.35. The van der Waals surface area contributed by atoms with Gasteiger partial charge in [0.2, 0.25) is 0 Å². The summed E-state index contributed by atoms with van der Waals surface area (Å²) >= 11 is 0. The van der Waals surface area contributed by atoms with Gasteiger partial charge in [0.1, 0.15) is 0 Å². The SMILES string of the molecule is CCCCCCCCCC(c1c(C)c(C)c(CCC)c2c1Cc1ccccc1-2)c1c(C)c(C)c(CCC)c2c1Cc1ccccc1-2. The van der Waals surface area contributed by atoms with Crippen molar-refractivity contribution < 1.29 is 0 Å². The molecule has 4 aromatic rings. The highest BCUT2D eigenvalue weighted by atomic mass is 14.4. The van der Waals surface area contributed by atoms with Crippen LogP contribution in [0.2, 0.25) is 0 Å². The standard InChI is InChI=1S/C46H58/c1-8-11-12-13-14-15-16-27-40(43-32(6)30(4)36(21-9-2)45-38-25-19-17-23-34(38)28-41(43)45)44-33(7)31(5)37(22-10-3)46-39-26-20-18-24-35(39)29-42(44)46/h17-20,23-26,40H,8-16,21-22,27-29H2,1-7H3. The van der Waals surface area contributed by atoms with Crippen molar-refractivity contribution in [3.63, 3.8) is 0 Å². The first-order chi connectivity index (χ1) is 22.4. The molecule has 0 saturated heterocycles. The third-order valence-corrected chi connectivity index (χ3v) is 11.8. The lowest BCUT2D eigenvalue weighted by atomic mass is 9.73. The van der Waals surface area contributed by atoms with Crippen LogP contribution >= 0.6 is 0 Å². The van der Waals surface area contributed by atoms with Gasteiger partial charge in [0.15, 0.2) is 0 Å². The van der Waals surface area contributed by atoms with Gasteiger partial charge in [-0.25, -0.2) is 0 Å². The van der Waals surface area contributed by atoms with Crippen LogP contribution in [0.25, 0.3) is 22.3 Å². The van der Waals surface area contributed by atoms with Crippen LogP contribution in [0.4, 0.5) is 0 Å². The molecule has 0 nitrogen and oxygen atoms in total. The lowest BCUT2D eigenvalue weighted by Crippen LogP contribution is -2.15. The quantitative estimate of drug-likeness (QED) is 0.108. The monoisotopic (exact) mass is 610 g/mol. The second-order valence-electron chi connectivity index (χ2n) is 14.6. The zero-order chi connectivity index (χ0) is 32.4. The molecule has 0 unspecified atom stereocenters. The second-order valence-corrected chi connectivity index (χ2v) is 14.6. The molecular formula is C46H58. The number of unbranched alkanes of at least 4 members (excludes halogenated alkanes) is 6. The van der Waals surface area contributed by atoms with Gasteiger partial charge < -0.3 is 0 Å². The maximum atomic E-state index is 2.48. The highest BCUT2D eigenvalue weighted by molar-refractivity contribution is 5.85. The molecule has 0 atom stereocenters. The summed E-state index contributed by atoms with van der Waals surface area (Å²) in [5.74, 6) is 0.436. The van der Waals surface area contributed by atoms with E-state index in [0.29, 0.717) is 5.92 Å². The van der Waals surface area contributed by atoms with E-state index in [0.717, 1.165) is 12.8 Å². The van der Waals surface area contributed by atoms with Crippen LogP contribution in [0.3, 0.4) is 0 Å². The Morgan fingerprint density at radius 1 is 0.500 bits per heavy atom. The zero-order valence-corrected chi connectivity index (χ0v) is 30.1. The molecule has 0 amide bonds. The summed E-state index contributed by atoms with van der Waals surface area (Å²) in [6.45, 7) is 16.9. The smallest absolute Gasteiger partial charge is 0.0101 e. The van der Waals surface area contributed by atoms with Crippen LogP contribution in [0.5, 0.6) is 0 Å². The summed E-state index contributed by atoms with van der Waals surface area (Å²) in [7, 11) is 0. The van der Waals surface area contributed by atoms with Crippen LogP contribution in [-0.4, -0.2) is 0 Å². The van der Waals surface area contributed by atoms with Crippen molar-refractivity contribution >= 4 is 0 Å². The Balaban J connectivity index is 1.56. The number of benzene rings is 4. The zero-order valence-electron chi connectivity index (χ0n) is 30.1. The van der Waals surface area contributed by atoms with E-state index in [1.54, 1.807) is 66.8 Å². The molecule has 0 radical (unpaired) electrons. The Kier molecular flexibility index (Phi) is 10.2. The fourth-order valence-electron chi connectivity index (χ4n) is 9.36. The highest BCUT2D eigenvalue weighted by Crippen LogP contribution is 2.52. The molecule has 6 rings (SSSR count). The minimum atomic E-state index is 0.436. The number of hydrogen-bond acceptors (Lipinski definition) is 0. The van der Waals surface area contributed by atoms with Crippen molar-refractivity contribution in [1.29, 1.82) is 0 Å². The average molecular weight is 611 g/mol. The Hall–Kier alpha value is -3.12. The van der Waals surface area contributed by atoms with Gasteiger partial charge in [-0.15, -0.1) is 0 Å². The van der Waals surface area contributed by atoms with E-state index in [-0.39, 0.29) is 0 Å². The predicted molar refractivity (Wildman–Crippen MR) is 201 cm³/mol. The Bertz CT molecular complexity index is 1590. The van der Waals surface area contributed by atoms with E-state index >= 15 is 0 Å². The van der Waals surface area contributed by atoms with Gasteiger partial charge in [-0.2, -0.15) is 0 Å². The van der Waals surface area contributed by atoms with Crippen molar-refractivity contribution in [3.8, 4) is 22.3 Å². The molecule has 0 N–H and O–H groups in total. The first-order valence-corrected chi connectivity index (χ1v) is 18.9. The molecule has 0 heteroatoms. The fraction of sp³-hybridized carbons (Fsp3) is 0.478. The molecule has 0 aliphatic heterocycles. The summed E-state index contributed by atoms with van der Waals surface area (Å²) < 4.78 is 0. The summed E-state index contributed by atoms with van der Waals surface area (Å²) in [6.07, 6.45) is 17.7. The molecule has 2 aliphatic carbocycles. The van der Waals surface area contributed by atoms with Gasteiger partial charge >= 0.3 is 0 Å². The van der Waals surface area contributed by atoms with Gasteiger partial charge in [-0.3, -0.25) is 0 Å². The molecule has 0 saturated carbocycles. The minimum absolute atomic E-state index is 0.436. The molecule has 242 valence electrons. The van der Waals surface area contributed by atoms with E-state index in [9.17, 15) is 0 Å². The molecule has 0 aromatic heterocycles. The van der Waals surface area contributed by atoms with Gasteiger partial charge in [-0.05, 0) is 149 Å². The van der Waals surface area contributed by atoms with Crippen molar-refractivity contribution in [2.24, 2.45) is 0 Å². The van der Waals surface area contributed by atoms with Crippen LogP contribution in [0.1, 0.15) is 158 Å². The minimum Gasteiger partial charge on any atom is -0.0654 e. The topological polar surface area (TPSA) is 0 Å². The molecular weight excluding hydrogens is 553 g/mol. The molecule has 0 spiro atoms. The van der Waals surface area contributed by atoms with Crippen LogP contribution in [-0.2, 0) is 25.7 Å². The number of hydrogen-bond donors (Lipinski definition) is 0. The van der Waals surface area contributed by atoms with E-state index < -0.39 is 0 Å². The maximum absolute atomic E-state index is 2.48. The molecule has 4 aromatic carbocycles. The summed E-state index contributed by atoms with van der Waals surface area (Å²) in [4.78, 5) is 0. The van der Waals surface area contributed by atoms with E-state index in [1.807, 2.05) is 0 Å². The van der Waals surface area contributed by atoms with E-state index in [2.05, 4.69) is 97.0 Å². The van der Waals surface area contributed by atoms with E-state index in [1.165, 1.54) is 99.3 Å². The molecule has 0 bridgehead atoms. The number of rotatable bonds is 14. The van der Waals surface area contributed by atoms with Crippen molar-refractivity contribution in [3.05, 3.63) is 115 Å². The predicted octanol–water partition coefficient (Wildman–Crippen LogP) is 13.2. The Morgan fingerprint density at radius 2 is 0.935 bits per heavy atom. The van der Waals surface area contributed by atoms with Crippen LogP contribution in [0, 0.1) is 27.7 Å². The molecule has 46 heavy (non-hydrogen) atoms. The van der Waals surface area contributed by atoms with Crippen LogP contribution < -0.4 is 0 Å². The average Bonchev–Trinajstić information content (AvgIpc) is 3.63. The van der Waals surface area contributed by atoms with Gasteiger partial charge in [0.05, 0.1) is 0 Å². The first-order valence-electron chi connectivity index (χ1n) is 18.9. The second kappa shape index (κ2) is 14.3. The lowest BCUT2D eigenvalue weighted by Gasteiger charge is -2.31.